The number of rotatable bonds is 11. The zero-order valence-electron chi connectivity index (χ0n) is 61.7. The van der Waals surface area contributed by atoms with E-state index in [0.29, 0.717) is 41.8 Å². The third-order valence-electron chi connectivity index (χ3n) is 16.7. The van der Waals surface area contributed by atoms with Crippen LogP contribution in [0.25, 0.3) is 11.4 Å². The number of carbonyl (C=O) groups excluding carboxylic acids is 2. The van der Waals surface area contributed by atoms with E-state index in [2.05, 4.69) is 58.6 Å². The van der Waals surface area contributed by atoms with Gasteiger partial charge in [-0.25, -0.2) is 36.4 Å². The molecule has 0 aromatic heterocycles. The summed E-state index contributed by atoms with van der Waals surface area (Å²) < 4.78 is 159. The number of phenolic OH excluding ortho intramolecular Hbond substituents is 1. The number of methoxy groups -OCH3 is 4. The van der Waals surface area contributed by atoms with Crippen molar-refractivity contribution in [1.82, 2.24) is 25.8 Å². The Morgan fingerprint density at radius 3 is 1.38 bits per heavy atom. The number of alkyl halides is 3. The minimum atomic E-state index is -5.84. The highest BCUT2D eigenvalue weighted by molar-refractivity contribution is 7.87. The number of benzene rings is 5. The van der Waals surface area contributed by atoms with Crippen LogP contribution in [0.1, 0.15) is 155 Å². The van der Waals surface area contributed by atoms with Gasteiger partial charge in [0, 0.05) is 48.5 Å². The van der Waals surface area contributed by atoms with Gasteiger partial charge < -0.3 is 63.7 Å². The Hall–Kier alpha value is -8.25. The molecule has 0 spiro atoms. The molecule has 0 saturated carbocycles. The van der Waals surface area contributed by atoms with E-state index in [1.807, 2.05) is 32.9 Å². The molecule has 2 fully saturated rings. The number of hydrogen-bond acceptors (Lipinski definition) is 17. The van der Waals surface area contributed by atoms with Crippen LogP contribution in [-0.4, -0.2) is 131 Å². The molecule has 5 aliphatic rings. The van der Waals surface area contributed by atoms with E-state index in [0.717, 1.165) is 102 Å². The number of carbonyl (C=O) groups is 2. The molecule has 29 heteroatoms. The van der Waals surface area contributed by atoms with Gasteiger partial charge in [-0.15, -0.1) is 0 Å². The van der Waals surface area contributed by atoms with Gasteiger partial charge in [0.1, 0.15) is 11.2 Å². The number of halogens is 8. The molecule has 574 valence electrons. The normalized spacial score (nSPS) is 20.3. The number of amides is 2. The van der Waals surface area contributed by atoms with Gasteiger partial charge in [0.15, 0.2) is 57.8 Å². The first-order valence-corrected chi connectivity index (χ1v) is 35.6. The number of piperidine rings is 2. The maximum Gasteiger partial charge on any atom is 0.534 e. The molecule has 2 amide bonds. The van der Waals surface area contributed by atoms with Crippen LogP contribution < -0.4 is 40.4 Å². The fourth-order valence-corrected chi connectivity index (χ4v) is 11.4. The summed E-state index contributed by atoms with van der Waals surface area (Å²) in [4.78, 5) is 26.9. The van der Waals surface area contributed by atoms with Gasteiger partial charge in [-0.1, -0.05) is 65.0 Å². The number of allylic oxidation sites excluding steroid dienone is 3. The number of nitrogens with zero attached hydrogens (tertiary/aromatic N) is 2. The highest BCUT2D eigenvalue weighted by Gasteiger charge is 2.50. The van der Waals surface area contributed by atoms with Gasteiger partial charge in [0.05, 0.1) is 34.1 Å². The summed E-state index contributed by atoms with van der Waals surface area (Å²) in [6, 6.07) is 23.5. The van der Waals surface area contributed by atoms with Crippen LogP contribution in [0.15, 0.2) is 115 Å². The Morgan fingerprint density at radius 2 is 0.933 bits per heavy atom. The summed E-state index contributed by atoms with van der Waals surface area (Å²) in [7, 11) is -1.73. The number of phenols is 1. The topological polar surface area (TPSA) is 236 Å². The second-order valence-electron chi connectivity index (χ2n) is 28.2. The molecule has 10 rings (SSSR count). The number of nitrogens with one attached hydrogen (secondary N) is 3. The highest BCUT2D eigenvalue weighted by Crippen LogP contribution is 2.36. The monoisotopic (exact) mass is 1490 g/mol. The summed E-state index contributed by atoms with van der Waals surface area (Å²) in [5.41, 5.74) is -1.22. The lowest BCUT2D eigenvalue weighted by molar-refractivity contribution is -0.0546. The summed E-state index contributed by atoms with van der Waals surface area (Å²) in [5, 5.41) is 36.9. The van der Waals surface area contributed by atoms with Gasteiger partial charge in [0.2, 0.25) is 5.88 Å². The molecule has 2 saturated heterocycles. The molecule has 3 unspecified atom stereocenters. The standard InChI is InChI=1S/C18H24FNO3.C13H18FNO.C13H16FNO.C12H18F3NO5S.C12H16FNO.C7H8BFO3/c1-12-6-9-15(13-7-8-14(19)16(10-13)22-5)20(11-12)17(21)23-18(2,3)4;2*1-9-3-6-12(15-8-9)10-4-5-11(14)13(7-10)16-2;1-8-5-6-9(21-22(18,19)12(13,14)15)16(7-8)10(17)20-11(2,3)4;1-8-2-5-11(14-7-8)9-3-4-10(13)12(15)6-9;1-12-7-4-5(8(10)11)2-3-6(7)9/h7-10,12H,6,11H2,1-5H3;4-5,7,9,12,15H,3,6,8H2,1-2H3;4-7,9,15H,3,8H2,1-2H3;6,8H,5,7H2,1-4H3;3-4,6,8,11,14-15H,2,5,7H2,1H3;2-4,10-11H,1H3/t;9-,12+;;;8-,11+;/m.0..0./s1. The molecular weight excluding hydrogens is 1390 g/mol. The van der Waals surface area contributed by atoms with Crippen LogP contribution in [0.4, 0.5) is 44.7 Å². The molecule has 0 bridgehead atoms. The molecule has 19 nitrogen and oxygen atoms in total. The van der Waals surface area contributed by atoms with E-state index in [1.54, 1.807) is 69.0 Å². The van der Waals surface area contributed by atoms with Crippen molar-refractivity contribution in [2.24, 2.45) is 29.6 Å². The van der Waals surface area contributed by atoms with E-state index in [4.69, 9.17) is 33.7 Å². The van der Waals surface area contributed by atoms with Crippen molar-refractivity contribution in [2.75, 3.05) is 61.2 Å². The van der Waals surface area contributed by atoms with E-state index >= 15 is 0 Å². The molecule has 5 heterocycles. The largest absolute Gasteiger partial charge is 0.534 e. The average Bonchev–Trinajstić information content (AvgIpc) is 0.809. The van der Waals surface area contributed by atoms with Crippen LogP contribution in [0, 0.1) is 58.7 Å². The lowest BCUT2D eigenvalue weighted by atomic mass is 9.80. The molecule has 6 N–H and O–H groups in total. The van der Waals surface area contributed by atoms with Gasteiger partial charge in [-0.3, -0.25) is 4.90 Å². The molecule has 5 aliphatic heterocycles. The maximum absolute atomic E-state index is 13.6. The minimum Gasteiger partial charge on any atom is -0.505 e. The molecule has 5 aromatic rings. The quantitative estimate of drug-likeness (QED) is 0.0312. The summed E-state index contributed by atoms with van der Waals surface area (Å²) in [5.74, 6) is 0.0734. The fraction of sp³-hybridized carbons (Fsp3) is 0.493. The molecular formula is C75H100BF8N5O14S. The van der Waals surface area contributed by atoms with Crippen LogP contribution in [0.3, 0.4) is 0 Å². The molecule has 5 aromatic carbocycles. The number of aromatic hydroxyl groups is 1. The van der Waals surface area contributed by atoms with Gasteiger partial charge >= 0.3 is 34.9 Å². The molecule has 7 atom stereocenters. The Labute approximate surface area is 606 Å². The first-order chi connectivity index (χ1) is 48.7. The van der Waals surface area contributed by atoms with Crippen LogP contribution in [-0.2, 0) is 23.8 Å². The van der Waals surface area contributed by atoms with Crippen molar-refractivity contribution in [3.05, 3.63) is 166 Å². The van der Waals surface area contributed by atoms with E-state index in [1.165, 1.54) is 83.7 Å². The van der Waals surface area contributed by atoms with Crippen LogP contribution in [0.2, 0.25) is 0 Å². The Kier molecular flexibility index (Phi) is 32.6. The van der Waals surface area contributed by atoms with Crippen molar-refractivity contribution in [3.63, 3.8) is 0 Å². The van der Waals surface area contributed by atoms with Gasteiger partial charge in [-0.2, -0.15) is 21.6 Å². The minimum absolute atomic E-state index is 0.000556. The Morgan fingerprint density at radius 1 is 0.510 bits per heavy atom. The Bertz CT molecular complexity index is 3840. The van der Waals surface area contributed by atoms with Crippen LogP contribution >= 0.6 is 0 Å². The smallest absolute Gasteiger partial charge is 0.505 e. The third-order valence-corrected chi connectivity index (χ3v) is 17.6. The zero-order chi connectivity index (χ0) is 77.6. The predicted molar refractivity (Wildman–Crippen MR) is 383 cm³/mol. The highest BCUT2D eigenvalue weighted by atomic mass is 32.2. The first-order valence-electron chi connectivity index (χ1n) is 34.2. The molecule has 0 aliphatic carbocycles. The van der Waals surface area contributed by atoms with Crippen LogP contribution in [0.5, 0.6) is 28.7 Å². The predicted octanol–water partition coefficient (Wildman–Crippen LogP) is 15.2. The van der Waals surface area contributed by atoms with E-state index in [9.17, 15) is 58.2 Å². The average molecular weight is 1490 g/mol. The lowest BCUT2D eigenvalue weighted by Gasteiger charge is -2.34. The lowest BCUT2D eigenvalue weighted by Crippen LogP contribution is -2.42. The zero-order valence-corrected chi connectivity index (χ0v) is 62.5. The first kappa shape index (κ1) is 86.4. The van der Waals surface area contributed by atoms with Crippen molar-refractivity contribution in [2.45, 2.75) is 150 Å². The number of ether oxygens (including phenoxy) is 6. The van der Waals surface area contributed by atoms with Gasteiger partial charge in [0.25, 0.3) is 0 Å². The van der Waals surface area contributed by atoms with Gasteiger partial charge in [-0.05, 0) is 225 Å². The summed E-state index contributed by atoms with van der Waals surface area (Å²) >= 11 is 0. The summed E-state index contributed by atoms with van der Waals surface area (Å²) in [6.07, 6.45) is 10.7. The third kappa shape index (κ3) is 27.0. The second-order valence-corrected chi connectivity index (χ2v) is 29.7. The second kappa shape index (κ2) is 39.2. The SMILES string of the molecule is CC1CC=C(OS(=O)(=O)C(F)(F)F)N(C(=O)OC(C)(C)C)C1.COc1cc(B(O)O)ccc1F.COc1cc(C2=CCC(C)CN2)ccc1F.COc1cc(C2=CCC(C)CN2C(=O)OC(C)(C)C)ccc1F.COc1cc([C@H]2CC[C@H](C)CN2)ccc1F.C[C@H]1CC[C@H](c2ccc(F)c(O)c2)NC1. The summed E-state index contributed by atoms with van der Waals surface area (Å²) in [6.45, 7) is 24.3. The number of hydrogen-bond donors (Lipinski definition) is 6. The van der Waals surface area contributed by atoms with Crippen molar-refractivity contribution in [3.8, 4) is 28.7 Å². The Balaban J connectivity index is 0.000000227. The van der Waals surface area contributed by atoms with Crippen molar-refractivity contribution >= 4 is 46.3 Å². The maximum atomic E-state index is 13.6. The van der Waals surface area contributed by atoms with E-state index < -0.39 is 69.5 Å². The van der Waals surface area contributed by atoms with Crippen molar-refractivity contribution in [1.29, 1.82) is 0 Å². The van der Waals surface area contributed by atoms with E-state index in [-0.39, 0.29) is 59.3 Å². The molecule has 104 heavy (non-hydrogen) atoms. The molecule has 0 radical (unpaired) electrons. The van der Waals surface area contributed by atoms with Crippen molar-refractivity contribution < 1.29 is 101 Å². The fourth-order valence-electron chi connectivity index (χ4n) is 10.9.